The Hall–Kier alpha value is -3.65. The molecule has 0 radical (unpaired) electrons. The average molecular weight is 374 g/mol. The molecule has 0 bridgehead atoms. The van der Waals surface area contributed by atoms with Crippen LogP contribution in [0.25, 0.3) is 0 Å². The molecular weight excluding hydrogens is 352 g/mol. The zero-order chi connectivity index (χ0) is 19.5. The molecule has 2 heteroatoms. The standard InChI is InChI=1S/C27H22N2/c1-4-12-21(13-5-1)20-26-28-25-19-11-10-18-24(25)27(29-26,22-14-6-2-7-15-22)23-16-8-3-9-17-23/h1-19H,20H2,(H,28,29). The zero-order valence-corrected chi connectivity index (χ0v) is 16.1. The Balaban J connectivity index is 1.76. The van der Waals surface area contributed by atoms with Gasteiger partial charge in [-0.05, 0) is 22.8 Å². The van der Waals surface area contributed by atoms with Gasteiger partial charge in [-0.1, -0.05) is 109 Å². The summed E-state index contributed by atoms with van der Waals surface area (Å²) in [5.74, 6) is 0.975. The van der Waals surface area contributed by atoms with Gasteiger partial charge in [0, 0.05) is 17.7 Å². The fourth-order valence-electron chi connectivity index (χ4n) is 4.19. The van der Waals surface area contributed by atoms with Crippen molar-refractivity contribution in [1.82, 2.24) is 0 Å². The maximum Gasteiger partial charge on any atom is 0.140 e. The Morgan fingerprint density at radius 3 is 1.72 bits per heavy atom. The van der Waals surface area contributed by atoms with E-state index in [1.54, 1.807) is 0 Å². The fraction of sp³-hybridized carbons (Fsp3) is 0.0741. The highest BCUT2D eigenvalue weighted by molar-refractivity contribution is 6.00. The Kier molecular flexibility index (Phi) is 4.45. The highest BCUT2D eigenvalue weighted by Crippen LogP contribution is 2.46. The minimum absolute atomic E-state index is 0.575. The molecule has 1 N–H and O–H groups in total. The first-order valence-electron chi connectivity index (χ1n) is 9.96. The van der Waals surface area contributed by atoms with Gasteiger partial charge in [0.15, 0.2) is 0 Å². The van der Waals surface area contributed by atoms with Crippen molar-refractivity contribution in [2.45, 2.75) is 12.0 Å². The molecule has 4 aromatic carbocycles. The largest absolute Gasteiger partial charge is 0.343 e. The number of para-hydroxylation sites is 1. The lowest BCUT2D eigenvalue weighted by Crippen LogP contribution is -2.36. The first-order chi connectivity index (χ1) is 14.4. The first-order valence-corrected chi connectivity index (χ1v) is 9.96. The summed E-state index contributed by atoms with van der Waals surface area (Å²) in [5, 5.41) is 3.59. The molecule has 1 aliphatic heterocycles. The lowest BCUT2D eigenvalue weighted by atomic mass is 9.76. The summed E-state index contributed by atoms with van der Waals surface area (Å²) < 4.78 is 0. The summed E-state index contributed by atoms with van der Waals surface area (Å²) in [4.78, 5) is 5.40. The van der Waals surface area contributed by atoms with E-state index in [1.165, 1.54) is 22.3 Å². The van der Waals surface area contributed by atoms with Crippen LogP contribution < -0.4 is 5.32 Å². The van der Waals surface area contributed by atoms with Crippen molar-refractivity contribution < 1.29 is 0 Å². The summed E-state index contributed by atoms with van der Waals surface area (Å²) in [5.41, 5.74) is 5.30. The molecule has 0 atom stereocenters. The van der Waals surface area contributed by atoms with Crippen LogP contribution in [0.1, 0.15) is 22.3 Å². The van der Waals surface area contributed by atoms with Crippen molar-refractivity contribution in [3.05, 3.63) is 138 Å². The number of nitrogens with zero attached hydrogens (tertiary/aromatic N) is 1. The van der Waals surface area contributed by atoms with Gasteiger partial charge < -0.3 is 5.32 Å². The molecule has 29 heavy (non-hydrogen) atoms. The molecule has 0 unspecified atom stereocenters. The lowest BCUT2D eigenvalue weighted by molar-refractivity contribution is 0.649. The SMILES string of the molecule is c1ccc(CC2=NC(c3ccccc3)(c3ccccc3)c3ccccc3N2)cc1. The van der Waals surface area contributed by atoms with Crippen molar-refractivity contribution in [2.75, 3.05) is 5.32 Å². The number of amidine groups is 1. The van der Waals surface area contributed by atoms with Gasteiger partial charge in [-0.2, -0.15) is 0 Å². The molecule has 4 aromatic rings. The molecule has 2 nitrogen and oxygen atoms in total. The van der Waals surface area contributed by atoms with Gasteiger partial charge in [0.1, 0.15) is 11.4 Å². The summed E-state index contributed by atoms with van der Waals surface area (Å²) >= 11 is 0. The summed E-state index contributed by atoms with van der Waals surface area (Å²) in [6.07, 6.45) is 0.761. The third-order valence-corrected chi connectivity index (χ3v) is 5.50. The minimum atomic E-state index is -0.575. The van der Waals surface area contributed by atoms with Crippen LogP contribution in [0.15, 0.2) is 120 Å². The predicted octanol–water partition coefficient (Wildman–Crippen LogP) is 6.05. The summed E-state index contributed by atoms with van der Waals surface area (Å²) in [6, 6.07) is 40.2. The Bertz CT molecular complexity index is 1090. The molecule has 0 aliphatic carbocycles. The number of hydrogen-bond acceptors (Lipinski definition) is 2. The second-order valence-electron chi connectivity index (χ2n) is 7.33. The van der Waals surface area contributed by atoms with Crippen molar-refractivity contribution in [3.8, 4) is 0 Å². The number of anilines is 1. The quantitative estimate of drug-likeness (QED) is 0.462. The number of nitrogens with one attached hydrogen (secondary N) is 1. The van der Waals surface area contributed by atoms with Gasteiger partial charge in [-0.25, -0.2) is 0 Å². The fourth-order valence-corrected chi connectivity index (χ4v) is 4.19. The average Bonchev–Trinajstić information content (AvgIpc) is 2.80. The van der Waals surface area contributed by atoms with Crippen LogP contribution in [-0.2, 0) is 12.0 Å². The summed E-state index contributed by atoms with van der Waals surface area (Å²) in [6.45, 7) is 0. The van der Waals surface area contributed by atoms with Crippen molar-refractivity contribution in [2.24, 2.45) is 4.99 Å². The smallest absolute Gasteiger partial charge is 0.140 e. The van der Waals surface area contributed by atoms with Gasteiger partial charge in [0.05, 0.1) is 0 Å². The van der Waals surface area contributed by atoms with E-state index in [0.717, 1.165) is 17.9 Å². The predicted molar refractivity (Wildman–Crippen MR) is 120 cm³/mol. The van der Waals surface area contributed by atoms with Crippen LogP contribution in [-0.4, -0.2) is 5.84 Å². The van der Waals surface area contributed by atoms with Crippen LogP contribution in [0.3, 0.4) is 0 Å². The third kappa shape index (κ3) is 3.13. The van der Waals surface area contributed by atoms with Crippen LogP contribution in [0.4, 0.5) is 5.69 Å². The second kappa shape index (κ2) is 7.40. The number of benzene rings is 4. The molecule has 0 saturated heterocycles. The maximum absolute atomic E-state index is 5.40. The molecule has 0 aromatic heterocycles. The number of aliphatic imine (C=N–C) groups is 1. The first kappa shape index (κ1) is 17.4. The van der Waals surface area contributed by atoms with Gasteiger partial charge in [-0.15, -0.1) is 0 Å². The normalized spacial score (nSPS) is 14.4. The molecule has 0 spiro atoms. The van der Waals surface area contributed by atoms with E-state index in [1.807, 2.05) is 6.07 Å². The van der Waals surface area contributed by atoms with Crippen LogP contribution in [0.5, 0.6) is 0 Å². The van der Waals surface area contributed by atoms with Gasteiger partial charge in [0.2, 0.25) is 0 Å². The van der Waals surface area contributed by atoms with Gasteiger partial charge >= 0.3 is 0 Å². The van der Waals surface area contributed by atoms with E-state index < -0.39 is 5.54 Å². The Labute approximate surface area is 171 Å². The van der Waals surface area contributed by atoms with Crippen molar-refractivity contribution in [1.29, 1.82) is 0 Å². The maximum atomic E-state index is 5.40. The Morgan fingerprint density at radius 2 is 1.10 bits per heavy atom. The molecule has 5 rings (SSSR count). The molecule has 1 aliphatic rings. The minimum Gasteiger partial charge on any atom is -0.343 e. The van der Waals surface area contributed by atoms with Crippen molar-refractivity contribution in [3.63, 3.8) is 0 Å². The molecular formula is C27H22N2. The second-order valence-corrected chi connectivity index (χ2v) is 7.33. The van der Waals surface area contributed by atoms with E-state index in [2.05, 4.69) is 115 Å². The molecule has 0 fully saturated rings. The van der Waals surface area contributed by atoms with Crippen LogP contribution in [0.2, 0.25) is 0 Å². The molecule has 1 heterocycles. The number of hydrogen-bond donors (Lipinski definition) is 1. The van der Waals surface area contributed by atoms with Crippen LogP contribution in [0, 0.1) is 0 Å². The Morgan fingerprint density at radius 1 is 0.586 bits per heavy atom. The number of rotatable bonds is 4. The highest BCUT2D eigenvalue weighted by Gasteiger charge is 2.40. The third-order valence-electron chi connectivity index (χ3n) is 5.50. The highest BCUT2D eigenvalue weighted by atomic mass is 15.1. The van der Waals surface area contributed by atoms with Gasteiger partial charge in [-0.3, -0.25) is 4.99 Å². The van der Waals surface area contributed by atoms with Gasteiger partial charge in [0.25, 0.3) is 0 Å². The lowest BCUT2D eigenvalue weighted by Gasteiger charge is -2.38. The zero-order valence-electron chi connectivity index (χ0n) is 16.1. The van der Waals surface area contributed by atoms with Crippen LogP contribution >= 0.6 is 0 Å². The van der Waals surface area contributed by atoms with E-state index >= 15 is 0 Å². The molecule has 0 amide bonds. The molecule has 0 saturated carbocycles. The van der Waals surface area contributed by atoms with E-state index in [-0.39, 0.29) is 0 Å². The van der Waals surface area contributed by atoms with E-state index in [4.69, 9.17) is 4.99 Å². The molecule has 140 valence electrons. The van der Waals surface area contributed by atoms with E-state index in [0.29, 0.717) is 0 Å². The van der Waals surface area contributed by atoms with E-state index in [9.17, 15) is 0 Å². The number of fused-ring (bicyclic) bond motifs is 1. The summed E-state index contributed by atoms with van der Waals surface area (Å²) in [7, 11) is 0. The topological polar surface area (TPSA) is 24.4 Å². The monoisotopic (exact) mass is 374 g/mol. The van der Waals surface area contributed by atoms with Crippen molar-refractivity contribution >= 4 is 11.5 Å².